The maximum absolute atomic E-state index is 8.99. The first-order chi connectivity index (χ1) is 8.86. The van der Waals surface area contributed by atoms with Crippen molar-refractivity contribution < 1.29 is 9.15 Å². The van der Waals surface area contributed by atoms with Gasteiger partial charge < -0.3 is 9.15 Å². The summed E-state index contributed by atoms with van der Waals surface area (Å²) in [6.07, 6.45) is 2.12. The van der Waals surface area contributed by atoms with E-state index in [1.165, 1.54) is 0 Å². The van der Waals surface area contributed by atoms with Crippen LogP contribution >= 0.6 is 0 Å². The minimum atomic E-state index is 0.205. The van der Waals surface area contributed by atoms with E-state index in [9.17, 15) is 0 Å². The summed E-state index contributed by atoms with van der Waals surface area (Å²) >= 11 is 0. The summed E-state index contributed by atoms with van der Waals surface area (Å²) < 4.78 is 11.0. The highest BCUT2D eigenvalue weighted by atomic mass is 16.5. The number of nitriles is 2. The standard InChI is InChI=1S/C14H12N2O2/c15-8-4-1-5-9-17-14-11-6-2-3-7-12(11)18-13(14)10-16/h2-3,6-7H,1,4-5,9H2. The predicted molar refractivity (Wildman–Crippen MR) is 65.9 cm³/mol. The fraction of sp³-hybridized carbons (Fsp3) is 0.286. The number of nitrogens with zero attached hydrogens (tertiary/aromatic N) is 2. The number of hydrogen-bond acceptors (Lipinski definition) is 4. The van der Waals surface area contributed by atoms with Crippen LogP contribution in [0, 0.1) is 22.7 Å². The quantitative estimate of drug-likeness (QED) is 0.751. The zero-order chi connectivity index (χ0) is 12.8. The smallest absolute Gasteiger partial charge is 0.246 e. The molecule has 90 valence electrons. The van der Waals surface area contributed by atoms with Crippen LogP contribution in [0.15, 0.2) is 28.7 Å². The third-order valence-corrected chi connectivity index (χ3v) is 2.58. The van der Waals surface area contributed by atoms with Gasteiger partial charge in [-0.05, 0) is 25.0 Å². The van der Waals surface area contributed by atoms with Crippen LogP contribution < -0.4 is 4.74 Å². The second-order valence-corrected chi connectivity index (χ2v) is 3.83. The molecule has 0 aliphatic carbocycles. The highest BCUT2D eigenvalue weighted by Crippen LogP contribution is 2.32. The van der Waals surface area contributed by atoms with E-state index in [-0.39, 0.29) is 5.76 Å². The molecule has 2 aromatic rings. The zero-order valence-electron chi connectivity index (χ0n) is 9.85. The van der Waals surface area contributed by atoms with Crippen molar-refractivity contribution in [3.05, 3.63) is 30.0 Å². The molecule has 0 fully saturated rings. The molecular weight excluding hydrogens is 228 g/mol. The van der Waals surface area contributed by atoms with Crippen molar-refractivity contribution in [2.75, 3.05) is 6.61 Å². The summed E-state index contributed by atoms with van der Waals surface area (Å²) in [4.78, 5) is 0. The Morgan fingerprint density at radius 1 is 1.17 bits per heavy atom. The van der Waals surface area contributed by atoms with Crippen LogP contribution in [0.25, 0.3) is 11.0 Å². The molecule has 0 aliphatic rings. The lowest BCUT2D eigenvalue weighted by atomic mass is 10.2. The van der Waals surface area contributed by atoms with E-state index in [0.717, 1.165) is 18.2 Å². The summed E-state index contributed by atoms with van der Waals surface area (Å²) in [6, 6.07) is 11.5. The Morgan fingerprint density at radius 2 is 2.00 bits per heavy atom. The molecule has 0 atom stereocenters. The van der Waals surface area contributed by atoms with Crippen LogP contribution in [0.4, 0.5) is 0 Å². The van der Waals surface area contributed by atoms with Crippen molar-refractivity contribution in [1.29, 1.82) is 10.5 Å². The lowest BCUT2D eigenvalue weighted by Gasteiger charge is -2.03. The highest BCUT2D eigenvalue weighted by molar-refractivity contribution is 5.86. The summed E-state index contributed by atoms with van der Waals surface area (Å²) in [5.41, 5.74) is 0.654. The van der Waals surface area contributed by atoms with Crippen LogP contribution in [0.1, 0.15) is 25.0 Å². The molecule has 0 N–H and O–H groups in total. The SMILES string of the molecule is N#CCCCCOc1c(C#N)oc2ccccc12. The third-order valence-electron chi connectivity index (χ3n) is 2.58. The largest absolute Gasteiger partial charge is 0.488 e. The average molecular weight is 240 g/mol. The molecule has 4 nitrogen and oxygen atoms in total. The van der Waals surface area contributed by atoms with Gasteiger partial charge in [0.25, 0.3) is 0 Å². The molecule has 0 saturated carbocycles. The van der Waals surface area contributed by atoms with E-state index in [2.05, 4.69) is 6.07 Å². The number of hydrogen-bond donors (Lipinski definition) is 0. The van der Waals surface area contributed by atoms with E-state index in [1.54, 1.807) is 6.07 Å². The first kappa shape index (κ1) is 12.0. The Kier molecular flexibility index (Phi) is 3.83. The van der Waals surface area contributed by atoms with Gasteiger partial charge in [0.1, 0.15) is 11.7 Å². The van der Waals surface area contributed by atoms with Crippen LogP contribution in [0.3, 0.4) is 0 Å². The maximum Gasteiger partial charge on any atom is 0.246 e. The lowest BCUT2D eigenvalue weighted by molar-refractivity contribution is 0.305. The number of fused-ring (bicyclic) bond motifs is 1. The van der Waals surface area contributed by atoms with E-state index < -0.39 is 0 Å². The molecule has 0 amide bonds. The summed E-state index contributed by atoms with van der Waals surface area (Å²) in [5, 5.41) is 18.2. The van der Waals surface area contributed by atoms with Crippen molar-refractivity contribution >= 4 is 11.0 Å². The van der Waals surface area contributed by atoms with Crippen LogP contribution in [-0.2, 0) is 0 Å². The van der Waals surface area contributed by atoms with Gasteiger partial charge in [0.2, 0.25) is 5.76 Å². The third kappa shape index (κ3) is 2.44. The molecule has 1 aromatic carbocycles. The first-order valence-electron chi connectivity index (χ1n) is 5.78. The first-order valence-corrected chi connectivity index (χ1v) is 5.78. The van der Waals surface area contributed by atoms with Crippen LogP contribution in [0.5, 0.6) is 5.75 Å². The van der Waals surface area contributed by atoms with Crippen molar-refractivity contribution in [2.24, 2.45) is 0 Å². The molecule has 0 spiro atoms. The fourth-order valence-corrected chi connectivity index (χ4v) is 1.72. The Balaban J connectivity index is 2.12. The molecule has 1 heterocycles. The van der Waals surface area contributed by atoms with Crippen molar-refractivity contribution in [3.63, 3.8) is 0 Å². The van der Waals surface area contributed by atoms with Crippen molar-refractivity contribution in [2.45, 2.75) is 19.3 Å². The number of benzene rings is 1. The average Bonchev–Trinajstić information content (AvgIpc) is 2.77. The molecule has 0 aliphatic heterocycles. The topological polar surface area (TPSA) is 69.9 Å². The van der Waals surface area contributed by atoms with Gasteiger partial charge in [0.05, 0.1) is 18.1 Å². The van der Waals surface area contributed by atoms with Gasteiger partial charge >= 0.3 is 0 Å². The molecule has 18 heavy (non-hydrogen) atoms. The van der Waals surface area contributed by atoms with Gasteiger partial charge in [-0.15, -0.1) is 0 Å². The van der Waals surface area contributed by atoms with Gasteiger partial charge in [0, 0.05) is 6.42 Å². The van der Waals surface area contributed by atoms with Gasteiger partial charge in [-0.25, -0.2) is 0 Å². The van der Waals surface area contributed by atoms with E-state index >= 15 is 0 Å². The molecule has 4 heteroatoms. The maximum atomic E-state index is 8.99. The summed E-state index contributed by atoms with van der Waals surface area (Å²) in [5.74, 6) is 0.710. The fourth-order valence-electron chi connectivity index (χ4n) is 1.72. The van der Waals surface area contributed by atoms with Crippen LogP contribution in [0.2, 0.25) is 0 Å². The molecule has 2 rings (SSSR count). The van der Waals surface area contributed by atoms with E-state index in [1.807, 2.05) is 24.3 Å². The Labute approximate surface area is 105 Å². The van der Waals surface area contributed by atoms with E-state index in [0.29, 0.717) is 24.4 Å². The van der Waals surface area contributed by atoms with Gasteiger partial charge in [-0.3, -0.25) is 0 Å². The molecule has 0 saturated heterocycles. The minimum Gasteiger partial charge on any atom is -0.488 e. The number of para-hydroxylation sites is 1. The van der Waals surface area contributed by atoms with Crippen LogP contribution in [-0.4, -0.2) is 6.61 Å². The zero-order valence-corrected chi connectivity index (χ0v) is 9.85. The molecule has 0 bridgehead atoms. The predicted octanol–water partition coefficient (Wildman–Crippen LogP) is 3.38. The van der Waals surface area contributed by atoms with E-state index in [4.69, 9.17) is 19.7 Å². The Hall–Kier alpha value is -2.46. The van der Waals surface area contributed by atoms with Gasteiger partial charge in [-0.1, -0.05) is 12.1 Å². The molecular formula is C14H12N2O2. The Bertz CT molecular complexity index is 617. The number of furan rings is 1. The second kappa shape index (κ2) is 5.75. The normalized spacial score (nSPS) is 9.89. The van der Waals surface area contributed by atoms with Gasteiger partial charge in [-0.2, -0.15) is 10.5 Å². The number of unbranched alkanes of at least 4 members (excludes halogenated alkanes) is 2. The lowest BCUT2D eigenvalue weighted by Crippen LogP contribution is -1.97. The molecule has 0 radical (unpaired) electrons. The van der Waals surface area contributed by atoms with Gasteiger partial charge in [0.15, 0.2) is 5.75 Å². The minimum absolute atomic E-state index is 0.205. The number of ether oxygens (including phenoxy) is 1. The molecule has 1 aromatic heterocycles. The Morgan fingerprint density at radius 3 is 2.78 bits per heavy atom. The number of rotatable bonds is 5. The second-order valence-electron chi connectivity index (χ2n) is 3.83. The van der Waals surface area contributed by atoms with Crippen molar-refractivity contribution in [1.82, 2.24) is 0 Å². The van der Waals surface area contributed by atoms with Crippen molar-refractivity contribution in [3.8, 4) is 17.9 Å². The summed E-state index contributed by atoms with van der Waals surface area (Å²) in [7, 11) is 0. The highest BCUT2D eigenvalue weighted by Gasteiger charge is 2.14. The monoisotopic (exact) mass is 240 g/mol. The molecule has 0 unspecified atom stereocenters. The summed E-state index contributed by atoms with van der Waals surface area (Å²) in [6.45, 7) is 0.486.